The Labute approximate surface area is 179 Å². The molecule has 29 heavy (non-hydrogen) atoms. The number of ether oxygens (including phenoxy) is 1. The lowest BCUT2D eigenvalue weighted by molar-refractivity contribution is 0.293. The minimum absolute atomic E-state index is 0.340. The summed E-state index contributed by atoms with van der Waals surface area (Å²) in [5, 5.41) is 10.4. The van der Waals surface area contributed by atoms with Crippen molar-refractivity contribution < 1.29 is 4.74 Å². The first-order chi connectivity index (χ1) is 14.2. The van der Waals surface area contributed by atoms with Crippen LogP contribution >= 0.6 is 23.4 Å². The fourth-order valence-corrected chi connectivity index (χ4v) is 3.89. The molecule has 1 aromatic heterocycles. The van der Waals surface area contributed by atoms with Gasteiger partial charge >= 0.3 is 0 Å². The van der Waals surface area contributed by atoms with Gasteiger partial charge < -0.3 is 4.74 Å². The minimum Gasteiger partial charge on any atom is -0.486 e. The first-order valence-electron chi connectivity index (χ1n) is 9.25. The maximum Gasteiger partial charge on any atom is 0.196 e. The summed E-state index contributed by atoms with van der Waals surface area (Å²) in [4.78, 5) is 0. The SMILES string of the molecule is Cc1ccc(OCc2nnc(SCc3ccc(Cl)cc3)n2-c2ccccc2)cc1. The van der Waals surface area contributed by atoms with E-state index in [1.54, 1.807) is 11.8 Å². The zero-order valence-corrected chi connectivity index (χ0v) is 17.5. The second kappa shape index (κ2) is 9.16. The molecule has 0 amide bonds. The summed E-state index contributed by atoms with van der Waals surface area (Å²) in [6.07, 6.45) is 0. The Balaban J connectivity index is 1.56. The Bertz CT molecular complexity index is 997. The summed E-state index contributed by atoms with van der Waals surface area (Å²) in [5.74, 6) is 2.35. The minimum atomic E-state index is 0.340. The fourth-order valence-electron chi connectivity index (χ4n) is 2.83. The maximum atomic E-state index is 5.98. The summed E-state index contributed by atoms with van der Waals surface area (Å²) in [5.41, 5.74) is 3.39. The van der Waals surface area contributed by atoms with Crippen LogP contribution in [0.5, 0.6) is 5.75 Å². The third kappa shape index (κ3) is 5.00. The lowest BCUT2D eigenvalue weighted by atomic mass is 10.2. The molecule has 4 rings (SSSR count). The molecule has 0 N–H and O–H groups in total. The van der Waals surface area contributed by atoms with Crippen molar-refractivity contribution in [3.8, 4) is 11.4 Å². The van der Waals surface area contributed by atoms with Gasteiger partial charge in [-0.25, -0.2) is 0 Å². The number of halogens is 1. The van der Waals surface area contributed by atoms with Gasteiger partial charge in [0.1, 0.15) is 12.4 Å². The number of hydrogen-bond acceptors (Lipinski definition) is 4. The van der Waals surface area contributed by atoms with Crippen LogP contribution in [0.2, 0.25) is 5.02 Å². The standard InChI is InChI=1S/C23H20ClN3OS/c1-17-7-13-21(14-8-17)28-15-22-25-26-23(27(22)20-5-3-2-4-6-20)29-16-18-9-11-19(24)12-10-18/h2-14H,15-16H2,1H3. The van der Waals surface area contributed by atoms with Gasteiger partial charge in [-0.3, -0.25) is 4.57 Å². The molecule has 0 bridgehead atoms. The molecule has 0 radical (unpaired) electrons. The molecule has 6 heteroatoms. The predicted molar refractivity (Wildman–Crippen MR) is 118 cm³/mol. The lowest BCUT2D eigenvalue weighted by Crippen LogP contribution is -2.06. The molecule has 0 spiro atoms. The smallest absolute Gasteiger partial charge is 0.196 e. The van der Waals surface area contributed by atoms with Crippen LogP contribution in [-0.2, 0) is 12.4 Å². The predicted octanol–water partition coefficient (Wildman–Crippen LogP) is 6.10. The van der Waals surface area contributed by atoms with Crippen molar-refractivity contribution in [1.29, 1.82) is 0 Å². The first-order valence-corrected chi connectivity index (χ1v) is 10.6. The van der Waals surface area contributed by atoms with E-state index >= 15 is 0 Å². The summed E-state index contributed by atoms with van der Waals surface area (Å²) in [6, 6.07) is 26.0. The van der Waals surface area contributed by atoms with Crippen molar-refractivity contribution in [3.63, 3.8) is 0 Å². The van der Waals surface area contributed by atoms with Crippen molar-refractivity contribution >= 4 is 23.4 Å². The first kappa shape index (κ1) is 19.6. The van der Waals surface area contributed by atoms with E-state index in [1.165, 1.54) is 11.1 Å². The van der Waals surface area contributed by atoms with E-state index < -0.39 is 0 Å². The Morgan fingerprint density at radius 3 is 2.34 bits per heavy atom. The third-order valence-electron chi connectivity index (χ3n) is 4.38. The average Bonchev–Trinajstić information content (AvgIpc) is 3.16. The second-order valence-electron chi connectivity index (χ2n) is 6.59. The normalized spacial score (nSPS) is 10.8. The van der Waals surface area contributed by atoms with Crippen LogP contribution in [0.3, 0.4) is 0 Å². The van der Waals surface area contributed by atoms with Crippen LogP contribution in [0.4, 0.5) is 0 Å². The van der Waals surface area contributed by atoms with Gasteiger partial charge in [0.2, 0.25) is 0 Å². The molecule has 0 saturated heterocycles. The molecule has 0 fully saturated rings. The van der Waals surface area contributed by atoms with E-state index in [4.69, 9.17) is 16.3 Å². The third-order valence-corrected chi connectivity index (χ3v) is 5.64. The molecule has 1 heterocycles. The number of benzene rings is 3. The summed E-state index contributed by atoms with van der Waals surface area (Å²) in [7, 11) is 0. The van der Waals surface area contributed by atoms with Gasteiger partial charge in [-0.1, -0.05) is 71.4 Å². The highest BCUT2D eigenvalue weighted by atomic mass is 35.5. The van der Waals surface area contributed by atoms with Crippen LogP contribution in [0, 0.1) is 6.92 Å². The number of rotatable bonds is 7. The van der Waals surface area contributed by atoms with Crippen LogP contribution in [0.25, 0.3) is 5.69 Å². The van der Waals surface area contributed by atoms with Gasteiger partial charge in [0.05, 0.1) is 0 Å². The van der Waals surface area contributed by atoms with Crippen molar-refractivity contribution in [2.75, 3.05) is 0 Å². The number of aromatic nitrogens is 3. The van der Waals surface area contributed by atoms with Gasteiger partial charge in [0, 0.05) is 16.5 Å². The molecule has 0 atom stereocenters. The van der Waals surface area contributed by atoms with Crippen LogP contribution in [0.1, 0.15) is 17.0 Å². The maximum absolute atomic E-state index is 5.98. The number of aryl methyl sites for hydroxylation is 1. The molecular formula is C23H20ClN3OS. The summed E-state index contributed by atoms with van der Waals surface area (Å²) >= 11 is 7.62. The van der Waals surface area contributed by atoms with E-state index in [0.717, 1.165) is 33.2 Å². The lowest BCUT2D eigenvalue weighted by Gasteiger charge is -2.11. The van der Waals surface area contributed by atoms with Gasteiger partial charge in [-0.2, -0.15) is 0 Å². The second-order valence-corrected chi connectivity index (χ2v) is 7.97. The van der Waals surface area contributed by atoms with E-state index in [-0.39, 0.29) is 0 Å². The molecule has 0 unspecified atom stereocenters. The molecule has 0 saturated carbocycles. The molecule has 0 aliphatic heterocycles. The molecule has 146 valence electrons. The molecule has 0 aliphatic rings. The van der Waals surface area contributed by atoms with Gasteiger partial charge in [-0.05, 0) is 48.9 Å². The van der Waals surface area contributed by atoms with Crippen LogP contribution < -0.4 is 4.74 Å². The molecule has 3 aromatic carbocycles. The summed E-state index contributed by atoms with van der Waals surface area (Å²) in [6.45, 7) is 2.40. The largest absolute Gasteiger partial charge is 0.486 e. The quantitative estimate of drug-likeness (QED) is 0.338. The van der Waals surface area contributed by atoms with Crippen LogP contribution in [-0.4, -0.2) is 14.8 Å². The van der Waals surface area contributed by atoms with E-state index in [0.29, 0.717) is 6.61 Å². The Morgan fingerprint density at radius 1 is 0.897 bits per heavy atom. The Hall–Kier alpha value is -2.76. The fraction of sp³-hybridized carbons (Fsp3) is 0.130. The van der Waals surface area contributed by atoms with E-state index in [9.17, 15) is 0 Å². The molecule has 4 nitrogen and oxygen atoms in total. The van der Waals surface area contributed by atoms with Gasteiger partial charge in [0.25, 0.3) is 0 Å². The van der Waals surface area contributed by atoms with E-state index in [1.807, 2.05) is 78.9 Å². The number of nitrogens with zero attached hydrogens (tertiary/aromatic N) is 3. The topological polar surface area (TPSA) is 39.9 Å². The average molecular weight is 422 g/mol. The highest BCUT2D eigenvalue weighted by molar-refractivity contribution is 7.98. The highest BCUT2D eigenvalue weighted by Gasteiger charge is 2.15. The summed E-state index contributed by atoms with van der Waals surface area (Å²) < 4.78 is 8.00. The zero-order chi connectivity index (χ0) is 20.1. The monoisotopic (exact) mass is 421 g/mol. The molecule has 0 aliphatic carbocycles. The van der Waals surface area contributed by atoms with Crippen molar-refractivity contribution in [2.45, 2.75) is 24.4 Å². The Kier molecular flexibility index (Phi) is 6.17. The number of thioether (sulfide) groups is 1. The Morgan fingerprint density at radius 2 is 1.62 bits per heavy atom. The van der Waals surface area contributed by atoms with E-state index in [2.05, 4.69) is 21.7 Å². The number of para-hydroxylation sites is 1. The van der Waals surface area contributed by atoms with Crippen molar-refractivity contribution in [1.82, 2.24) is 14.8 Å². The van der Waals surface area contributed by atoms with Gasteiger partial charge in [-0.15, -0.1) is 10.2 Å². The zero-order valence-electron chi connectivity index (χ0n) is 16.0. The van der Waals surface area contributed by atoms with Gasteiger partial charge in [0.15, 0.2) is 11.0 Å². The molecular weight excluding hydrogens is 402 g/mol. The van der Waals surface area contributed by atoms with Crippen molar-refractivity contribution in [2.24, 2.45) is 0 Å². The van der Waals surface area contributed by atoms with Crippen molar-refractivity contribution in [3.05, 3.63) is 101 Å². The van der Waals surface area contributed by atoms with Crippen LogP contribution in [0.15, 0.2) is 84.0 Å². The highest BCUT2D eigenvalue weighted by Crippen LogP contribution is 2.26. The number of hydrogen-bond donors (Lipinski definition) is 0. The molecule has 4 aromatic rings.